The summed E-state index contributed by atoms with van der Waals surface area (Å²) in [5.74, 6) is 0.191. The number of nitro groups is 1. The fraction of sp³-hybridized carbons (Fsp3) is 0.375. The van der Waals surface area contributed by atoms with Crippen LogP contribution in [0.3, 0.4) is 0 Å². The molecule has 1 aromatic carbocycles. The van der Waals surface area contributed by atoms with Crippen molar-refractivity contribution in [2.75, 3.05) is 37.4 Å². The number of hydrogen-bond donors (Lipinski definition) is 1. The highest BCUT2D eigenvalue weighted by molar-refractivity contribution is 7.89. The maximum Gasteiger partial charge on any atom is 0.353 e. The first kappa shape index (κ1) is 20.5. The van der Waals surface area contributed by atoms with Gasteiger partial charge in [0.25, 0.3) is 0 Å². The van der Waals surface area contributed by atoms with Crippen molar-refractivity contribution in [3.05, 3.63) is 40.7 Å². The van der Waals surface area contributed by atoms with Gasteiger partial charge in [-0.1, -0.05) is 13.8 Å². The van der Waals surface area contributed by atoms with E-state index in [9.17, 15) is 18.5 Å². The van der Waals surface area contributed by atoms with E-state index in [1.807, 2.05) is 0 Å². The summed E-state index contributed by atoms with van der Waals surface area (Å²) >= 11 is 0. The van der Waals surface area contributed by atoms with E-state index >= 15 is 0 Å². The molecule has 0 aliphatic rings. The average molecular weight is 394 g/mol. The zero-order chi connectivity index (χ0) is 20.2. The van der Waals surface area contributed by atoms with Crippen LogP contribution in [0.25, 0.3) is 0 Å². The highest BCUT2D eigenvalue weighted by Crippen LogP contribution is 2.32. The zero-order valence-corrected chi connectivity index (χ0v) is 16.4. The first-order valence-corrected chi connectivity index (χ1v) is 9.70. The number of aromatic nitrogens is 2. The Morgan fingerprint density at radius 2 is 1.70 bits per heavy atom. The van der Waals surface area contributed by atoms with Crippen molar-refractivity contribution in [3.8, 4) is 0 Å². The molecule has 146 valence electrons. The summed E-state index contributed by atoms with van der Waals surface area (Å²) < 4.78 is 26.4. The Labute approximate surface area is 158 Å². The van der Waals surface area contributed by atoms with Gasteiger partial charge in [-0.15, -0.1) is 0 Å². The van der Waals surface area contributed by atoms with Crippen molar-refractivity contribution in [1.29, 1.82) is 0 Å². The predicted molar refractivity (Wildman–Crippen MR) is 103 cm³/mol. The van der Waals surface area contributed by atoms with Crippen LogP contribution in [0.2, 0.25) is 0 Å². The van der Waals surface area contributed by atoms with Gasteiger partial charge in [0.2, 0.25) is 21.7 Å². The van der Waals surface area contributed by atoms with Crippen molar-refractivity contribution >= 4 is 33.0 Å². The van der Waals surface area contributed by atoms with E-state index < -0.39 is 14.9 Å². The van der Waals surface area contributed by atoms with Crippen LogP contribution in [-0.2, 0) is 10.0 Å². The summed E-state index contributed by atoms with van der Waals surface area (Å²) in [5, 5.41) is 14.3. The highest BCUT2D eigenvalue weighted by atomic mass is 32.2. The average Bonchev–Trinajstić information content (AvgIpc) is 2.62. The van der Waals surface area contributed by atoms with Crippen molar-refractivity contribution in [2.45, 2.75) is 18.7 Å². The SMILES string of the molecule is CCN(CC)S(=O)(=O)c1ccc(Nc2ncnc(N(C)C)c2[N+](=O)[O-])cc1. The third-order valence-electron chi connectivity index (χ3n) is 3.87. The molecular formula is C16H22N6O4S. The summed E-state index contributed by atoms with van der Waals surface area (Å²) in [6, 6.07) is 5.99. The van der Waals surface area contributed by atoms with Crippen molar-refractivity contribution < 1.29 is 13.3 Å². The van der Waals surface area contributed by atoms with Crippen LogP contribution >= 0.6 is 0 Å². The monoisotopic (exact) mass is 394 g/mol. The lowest BCUT2D eigenvalue weighted by atomic mass is 10.3. The Balaban J connectivity index is 2.36. The number of nitrogens with zero attached hydrogens (tertiary/aromatic N) is 5. The summed E-state index contributed by atoms with van der Waals surface area (Å²) in [6.45, 7) is 4.29. The van der Waals surface area contributed by atoms with Crippen LogP contribution in [0.15, 0.2) is 35.5 Å². The molecule has 0 saturated heterocycles. The Morgan fingerprint density at radius 3 is 2.19 bits per heavy atom. The lowest BCUT2D eigenvalue weighted by Crippen LogP contribution is -2.30. The van der Waals surface area contributed by atoms with Crippen LogP contribution in [0, 0.1) is 10.1 Å². The fourth-order valence-corrected chi connectivity index (χ4v) is 3.97. The largest absolute Gasteiger partial charge is 0.357 e. The molecule has 1 N–H and O–H groups in total. The van der Waals surface area contributed by atoms with E-state index in [4.69, 9.17) is 0 Å². The normalized spacial score (nSPS) is 11.4. The second kappa shape index (κ2) is 8.27. The maximum absolute atomic E-state index is 12.5. The standard InChI is InChI=1S/C16H22N6O4S/c1-5-21(6-2)27(25,26)13-9-7-12(8-10-13)19-15-14(22(23)24)16(20(3)4)18-11-17-15/h7-11H,5-6H2,1-4H3,(H,17,18,19). The fourth-order valence-electron chi connectivity index (χ4n) is 2.52. The van der Waals surface area contributed by atoms with Gasteiger partial charge in [-0.3, -0.25) is 10.1 Å². The van der Waals surface area contributed by atoms with Gasteiger partial charge in [0.15, 0.2) is 0 Å². The quantitative estimate of drug-likeness (QED) is 0.534. The molecule has 2 aromatic rings. The smallest absolute Gasteiger partial charge is 0.353 e. The van der Waals surface area contributed by atoms with E-state index in [1.54, 1.807) is 27.9 Å². The molecule has 0 atom stereocenters. The van der Waals surface area contributed by atoms with Gasteiger partial charge in [0.05, 0.1) is 9.82 Å². The second-order valence-electron chi connectivity index (χ2n) is 5.78. The van der Waals surface area contributed by atoms with Crippen molar-refractivity contribution in [1.82, 2.24) is 14.3 Å². The Morgan fingerprint density at radius 1 is 1.11 bits per heavy atom. The van der Waals surface area contributed by atoms with E-state index in [0.717, 1.165) is 0 Å². The molecule has 0 saturated carbocycles. The zero-order valence-electron chi connectivity index (χ0n) is 15.6. The molecule has 0 radical (unpaired) electrons. The molecule has 1 heterocycles. The molecule has 10 nitrogen and oxygen atoms in total. The summed E-state index contributed by atoms with van der Waals surface area (Å²) in [4.78, 5) is 20.4. The van der Waals surface area contributed by atoms with Crippen LogP contribution in [0.1, 0.15) is 13.8 Å². The summed E-state index contributed by atoms with van der Waals surface area (Å²) in [5.41, 5.74) is 0.211. The lowest BCUT2D eigenvalue weighted by Gasteiger charge is -2.18. The van der Waals surface area contributed by atoms with Crippen molar-refractivity contribution in [3.63, 3.8) is 0 Å². The van der Waals surface area contributed by atoms with Crippen LogP contribution in [0.4, 0.5) is 23.0 Å². The van der Waals surface area contributed by atoms with Crippen LogP contribution < -0.4 is 10.2 Å². The Bertz CT molecular complexity index is 911. The van der Waals surface area contributed by atoms with Crippen LogP contribution in [0.5, 0.6) is 0 Å². The highest BCUT2D eigenvalue weighted by Gasteiger charge is 2.25. The van der Waals surface area contributed by atoms with Gasteiger partial charge in [-0.2, -0.15) is 4.31 Å². The summed E-state index contributed by atoms with van der Waals surface area (Å²) in [6.07, 6.45) is 1.23. The molecule has 2 rings (SSSR count). The molecule has 0 unspecified atom stereocenters. The maximum atomic E-state index is 12.5. The lowest BCUT2D eigenvalue weighted by molar-refractivity contribution is -0.383. The van der Waals surface area contributed by atoms with E-state index in [-0.39, 0.29) is 22.2 Å². The first-order valence-electron chi connectivity index (χ1n) is 8.26. The predicted octanol–water partition coefficient (Wildman–Crippen LogP) is 2.22. The minimum absolute atomic E-state index is 0.0260. The van der Waals surface area contributed by atoms with E-state index in [0.29, 0.717) is 18.8 Å². The van der Waals surface area contributed by atoms with Gasteiger partial charge >= 0.3 is 5.69 Å². The number of anilines is 3. The van der Waals surface area contributed by atoms with Gasteiger partial charge < -0.3 is 10.2 Å². The number of nitrogens with one attached hydrogen (secondary N) is 1. The molecule has 27 heavy (non-hydrogen) atoms. The minimum Gasteiger partial charge on any atom is -0.357 e. The third-order valence-corrected chi connectivity index (χ3v) is 5.93. The van der Waals surface area contributed by atoms with E-state index in [1.165, 1.54) is 39.8 Å². The Kier molecular flexibility index (Phi) is 6.28. The van der Waals surface area contributed by atoms with Gasteiger partial charge in [-0.05, 0) is 24.3 Å². The molecule has 0 aliphatic carbocycles. The molecule has 0 amide bonds. The molecule has 1 aromatic heterocycles. The topological polar surface area (TPSA) is 122 Å². The van der Waals surface area contributed by atoms with Gasteiger partial charge in [-0.25, -0.2) is 18.4 Å². The third kappa shape index (κ3) is 4.31. The molecular weight excluding hydrogens is 372 g/mol. The number of benzene rings is 1. The van der Waals surface area contributed by atoms with Crippen LogP contribution in [-0.4, -0.2) is 54.8 Å². The minimum atomic E-state index is -3.57. The second-order valence-corrected chi connectivity index (χ2v) is 7.72. The number of rotatable bonds is 8. The molecule has 0 bridgehead atoms. The van der Waals surface area contributed by atoms with Crippen molar-refractivity contribution in [2.24, 2.45) is 0 Å². The van der Waals surface area contributed by atoms with Gasteiger partial charge in [0, 0.05) is 32.9 Å². The molecule has 0 fully saturated rings. The first-order chi connectivity index (χ1) is 12.7. The number of hydrogen-bond acceptors (Lipinski definition) is 8. The Hall–Kier alpha value is -2.79. The molecule has 0 spiro atoms. The molecule has 0 aliphatic heterocycles. The summed E-state index contributed by atoms with van der Waals surface area (Å²) in [7, 11) is -0.276. The van der Waals surface area contributed by atoms with Gasteiger partial charge in [0.1, 0.15) is 6.33 Å². The number of sulfonamides is 1. The molecule has 11 heteroatoms. The van der Waals surface area contributed by atoms with E-state index in [2.05, 4.69) is 15.3 Å².